The second-order valence-electron chi connectivity index (χ2n) is 6.45. The van der Waals surface area contributed by atoms with Crippen LogP contribution in [0.25, 0.3) is 11.0 Å². The molecule has 138 valence electrons. The summed E-state index contributed by atoms with van der Waals surface area (Å²) in [4.78, 5) is 31.6. The van der Waals surface area contributed by atoms with E-state index in [4.69, 9.17) is 4.42 Å². The van der Waals surface area contributed by atoms with Crippen molar-refractivity contribution in [1.29, 1.82) is 0 Å². The molecule has 0 N–H and O–H groups in total. The van der Waals surface area contributed by atoms with Gasteiger partial charge in [-0.2, -0.15) is 0 Å². The van der Waals surface area contributed by atoms with Gasteiger partial charge in [-0.25, -0.2) is 0 Å². The zero-order valence-electron chi connectivity index (χ0n) is 15.3. The van der Waals surface area contributed by atoms with Gasteiger partial charge in [0.05, 0.1) is 17.1 Å². The van der Waals surface area contributed by atoms with Crippen LogP contribution >= 0.6 is 0 Å². The van der Waals surface area contributed by atoms with E-state index in [9.17, 15) is 9.59 Å². The van der Waals surface area contributed by atoms with Crippen molar-refractivity contribution >= 4 is 16.9 Å². The molecular formula is C23H18N2O3. The van der Waals surface area contributed by atoms with Crippen LogP contribution in [0.3, 0.4) is 0 Å². The van der Waals surface area contributed by atoms with Crippen LogP contribution in [0.1, 0.15) is 27.9 Å². The highest BCUT2D eigenvalue weighted by atomic mass is 16.3. The molecule has 0 spiro atoms. The number of fused-ring (bicyclic) bond motifs is 1. The third-order valence-electron chi connectivity index (χ3n) is 4.64. The van der Waals surface area contributed by atoms with Gasteiger partial charge in [-0.3, -0.25) is 14.6 Å². The van der Waals surface area contributed by atoms with Crippen LogP contribution in [0, 0.1) is 0 Å². The van der Waals surface area contributed by atoms with E-state index in [1.54, 1.807) is 42.4 Å². The number of carbonyl (C=O) groups excluding carboxylic acids is 1. The fraction of sp³-hybridized carbons (Fsp3) is 0.0870. The molecule has 0 saturated heterocycles. The molecule has 1 amide bonds. The van der Waals surface area contributed by atoms with Gasteiger partial charge in [-0.15, -0.1) is 0 Å². The average molecular weight is 370 g/mol. The molecule has 0 aliphatic rings. The summed E-state index contributed by atoms with van der Waals surface area (Å²) in [5.41, 5.74) is 1.79. The van der Waals surface area contributed by atoms with Gasteiger partial charge >= 0.3 is 0 Å². The zero-order valence-corrected chi connectivity index (χ0v) is 15.3. The quantitative estimate of drug-likeness (QED) is 0.544. The fourth-order valence-electron chi connectivity index (χ4n) is 3.27. The van der Waals surface area contributed by atoms with E-state index < -0.39 is 6.04 Å². The molecule has 0 fully saturated rings. The van der Waals surface area contributed by atoms with Gasteiger partial charge < -0.3 is 9.32 Å². The lowest BCUT2D eigenvalue weighted by Gasteiger charge is -2.28. The predicted molar refractivity (Wildman–Crippen MR) is 107 cm³/mol. The molecule has 1 unspecified atom stereocenters. The molecular weight excluding hydrogens is 352 g/mol. The first-order valence-corrected chi connectivity index (χ1v) is 8.91. The van der Waals surface area contributed by atoms with E-state index >= 15 is 0 Å². The smallest absolute Gasteiger partial charge is 0.290 e. The van der Waals surface area contributed by atoms with Gasteiger partial charge in [0, 0.05) is 19.3 Å². The lowest BCUT2D eigenvalue weighted by atomic mass is 10.0. The summed E-state index contributed by atoms with van der Waals surface area (Å²) in [5, 5.41) is 0.450. The molecule has 0 saturated carbocycles. The molecule has 0 aliphatic carbocycles. The Balaban J connectivity index is 1.78. The Kier molecular flexibility index (Phi) is 4.72. The second kappa shape index (κ2) is 7.48. The average Bonchev–Trinajstić information content (AvgIpc) is 2.75. The highest BCUT2D eigenvalue weighted by molar-refractivity contribution is 5.93. The van der Waals surface area contributed by atoms with Crippen LogP contribution in [0.2, 0.25) is 0 Å². The first-order valence-electron chi connectivity index (χ1n) is 8.91. The van der Waals surface area contributed by atoms with E-state index in [1.165, 1.54) is 6.07 Å². The molecule has 5 heteroatoms. The molecule has 5 nitrogen and oxygen atoms in total. The third-order valence-corrected chi connectivity index (χ3v) is 4.64. The van der Waals surface area contributed by atoms with Gasteiger partial charge in [-0.1, -0.05) is 48.5 Å². The molecule has 4 aromatic rings. The third kappa shape index (κ3) is 3.30. The number of hydrogen-bond acceptors (Lipinski definition) is 4. The topological polar surface area (TPSA) is 63.4 Å². The first-order chi connectivity index (χ1) is 13.6. The molecule has 0 aliphatic heterocycles. The van der Waals surface area contributed by atoms with E-state index in [0.717, 1.165) is 11.3 Å². The molecule has 1 atom stereocenters. The first kappa shape index (κ1) is 17.7. The number of pyridine rings is 1. The Labute approximate surface area is 161 Å². The Morgan fingerprint density at radius 1 is 0.964 bits per heavy atom. The van der Waals surface area contributed by atoms with Gasteiger partial charge in [0.2, 0.25) is 0 Å². The number of amides is 1. The van der Waals surface area contributed by atoms with Crippen LogP contribution in [0.4, 0.5) is 0 Å². The molecule has 2 aromatic carbocycles. The van der Waals surface area contributed by atoms with Crippen molar-refractivity contribution in [3.8, 4) is 0 Å². The van der Waals surface area contributed by atoms with E-state index in [2.05, 4.69) is 4.98 Å². The second-order valence-corrected chi connectivity index (χ2v) is 6.45. The van der Waals surface area contributed by atoms with E-state index in [0.29, 0.717) is 11.0 Å². The number of aromatic nitrogens is 1. The maximum absolute atomic E-state index is 13.2. The summed E-state index contributed by atoms with van der Waals surface area (Å²) in [5.74, 6) is -0.384. The minimum atomic E-state index is -0.410. The number of nitrogens with zero attached hydrogens (tertiary/aromatic N) is 2. The molecule has 2 heterocycles. The maximum atomic E-state index is 13.2. The number of rotatable bonds is 4. The lowest BCUT2D eigenvalue weighted by Crippen LogP contribution is -2.33. The Hall–Kier alpha value is -3.73. The predicted octanol–water partition coefficient (Wildman–Crippen LogP) is 4.05. The van der Waals surface area contributed by atoms with Gasteiger partial charge in [0.15, 0.2) is 11.2 Å². The summed E-state index contributed by atoms with van der Waals surface area (Å²) in [6.45, 7) is 0. The highest BCUT2D eigenvalue weighted by Crippen LogP contribution is 2.27. The van der Waals surface area contributed by atoms with Crippen molar-refractivity contribution in [3.63, 3.8) is 0 Å². The summed E-state index contributed by atoms with van der Waals surface area (Å²) in [6.07, 6.45) is 1.69. The van der Waals surface area contributed by atoms with Crippen molar-refractivity contribution in [3.05, 3.63) is 112 Å². The van der Waals surface area contributed by atoms with Crippen LogP contribution in [0.15, 0.2) is 94.3 Å². The van der Waals surface area contributed by atoms with Gasteiger partial charge in [-0.05, 0) is 29.8 Å². The summed E-state index contributed by atoms with van der Waals surface area (Å²) in [7, 11) is 1.68. The van der Waals surface area contributed by atoms with Crippen LogP contribution in [-0.2, 0) is 0 Å². The molecule has 0 bridgehead atoms. The van der Waals surface area contributed by atoms with Crippen molar-refractivity contribution < 1.29 is 9.21 Å². The Morgan fingerprint density at radius 2 is 1.68 bits per heavy atom. The van der Waals surface area contributed by atoms with Crippen LogP contribution < -0.4 is 5.43 Å². The molecule has 0 radical (unpaired) electrons. The summed E-state index contributed by atoms with van der Waals surface area (Å²) < 4.78 is 5.74. The normalized spacial score (nSPS) is 11.9. The largest absolute Gasteiger partial charge is 0.451 e. The maximum Gasteiger partial charge on any atom is 0.290 e. The highest BCUT2D eigenvalue weighted by Gasteiger charge is 2.27. The van der Waals surface area contributed by atoms with Crippen molar-refractivity contribution in [1.82, 2.24) is 9.88 Å². The zero-order chi connectivity index (χ0) is 19.5. The lowest BCUT2D eigenvalue weighted by molar-refractivity contribution is 0.0721. The number of benzene rings is 2. The number of carbonyl (C=O) groups is 1. The van der Waals surface area contributed by atoms with Crippen molar-refractivity contribution in [2.75, 3.05) is 7.05 Å². The summed E-state index contributed by atoms with van der Waals surface area (Å²) in [6, 6.07) is 23.0. The SMILES string of the molecule is CN(C(=O)c1cc(=O)c2ccccc2o1)C(c1ccccc1)c1ccccn1. The minimum absolute atomic E-state index is 0.00284. The summed E-state index contributed by atoms with van der Waals surface area (Å²) >= 11 is 0. The number of hydrogen-bond donors (Lipinski definition) is 0. The standard InChI is InChI=1S/C23H18N2O3/c1-25(22(16-9-3-2-4-10-16)18-12-7-8-14-24-18)23(27)21-15-19(26)17-11-5-6-13-20(17)28-21/h2-15,22H,1H3. The van der Waals surface area contributed by atoms with Crippen LogP contribution in [-0.4, -0.2) is 22.8 Å². The minimum Gasteiger partial charge on any atom is -0.451 e. The molecule has 2 aromatic heterocycles. The van der Waals surface area contributed by atoms with Gasteiger partial charge in [0.1, 0.15) is 5.58 Å². The van der Waals surface area contributed by atoms with Crippen LogP contribution in [0.5, 0.6) is 0 Å². The Bertz CT molecular complexity index is 1130. The molecule has 28 heavy (non-hydrogen) atoms. The van der Waals surface area contributed by atoms with Crippen molar-refractivity contribution in [2.24, 2.45) is 0 Å². The Morgan fingerprint density at radius 3 is 2.43 bits per heavy atom. The van der Waals surface area contributed by atoms with E-state index in [-0.39, 0.29) is 17.1 Å². The molecule has 4 rings (SSSR count). The fourth-order valence-corrected chi connectivity index (χ4v) is 3.27. The van der Waals surface area contributed by atoms with Gasteiger partial charge in [0.25, 0.3) is 5.91 Å². The van der Waals surface area contributed by atoms with E-state index in [1.807, 2.05) is 48.5 Å². The monoisotopic (exact) mass is 370 g/mol. The van der Waals surface area contributed by atoms with Crippen molar-refractivity contribution in [2.45, 2.75) is 6.04 Å². The number of para-hydroxylation sites is 1.